The minimum atomic E-state index is -1.09. The van der Waals surface area contributed by atoms with Crippen molar-refractivity contribution in [1.82, 2.24) is 10.4 Å². The van der Waals surface area contributed by atoms with E-state index in [0.717, 1.165) is 5.01 Å². The van der Waals surface area contributed by atoms with Gasteiger partial charge in [0, 0.05) is 11.8 Å². The normalized spacial score (nSPS) is 13.7. The quantitative estimate of drug-likeness (QED) is 0.514. The van der Waals surface area contributed by atoms with Crippen molar-refractivity contribution < 1.29 is 24.2 Å². The predicted molar refractivity (Wildman–Crippen MR) is 113 cm³/mol. The van der Waals surface area contributed by atoms with Crippen LogP contribution in [0.3, 0.4) is 0 Å². The molecule has 1 aliphatic rings. The van der Waals surface area contributed by atoms with E-state index >= 15 is 0 Å². The lowest BCUT2D eigenvalue weighted by Gasteiger charge is -2.16. The Kier molecular flexibility index (Phi) is 6.57. The summed E-state index contributed by atoms with van der Waals surface area (Å²) in [4.78, 5) is 39.5. The molecule has 0 aromatic heterocycles. The van der Waals surface area contributed by atoms with Crippen LogP contribution in [0.5, 0.6) is 5.75 Å². The summed E-state index contributed by atoms with van der Waals surface area (Å²) in [5.74, 6) is -1.37. The molecule has 1 fully saturated rings. The summed E-state index contributed by atoms with van der Waals surface area (Å²) in [6.45, 7) is -0.481. The number of benzene rings is 2. The summed E-state index contributed by atoms with van der Waals surface area (Å²) in [5, 5.41) is 9.84. The van der Waals surface area contributed by atoms with Crippen molar-refractivity contribution in [1.29, 1.82) is 0 Å². The first-order valence-electron chi connectivity index (χ1n) is 8.33. The van der Waals surface area contributed by atoms with E-state index in [0.29, 0.717) is 17.0 Å². The molecular formula is C19H15N3O5S2. The number of aliphatic imine (C=N–C) groups is 1. The second-order valence-corrected chi connectivity index (χ2v) is 7.33. The van der Waals surface area contributed by atoms with Crippen molar-refractivity contribution in [3.63, 3.8) is 0 Å². The van der Waals surface area contributed by atoms with Gasteiger partial charge in [-0.2, -0.15) is 0 Å². The van der Waals surface area contributed by atoms with Crippen LogP contribution in [0.15, 0.2) is 53.5 Å². The number of hydrogen-bond donors (Lipinski definition) is 2. The predicted octanol–water partition coefficient (Wildman–Crippen LogP) is 2.41. The lowest BCUT2D eigenvalue weighted by Crippen LogP contribution is -2.45. The molecule has 2 aromatic rings. The van der Waals surface area contributed by atoms with Crippen LogP contribution in [0.1, 0.15) is 15.9 Å². The van der Waals surface area contributed by atoms with E-state index in [1.54, 1.807) is 48.5 Å². The molecule has 1 heterocycles. The molecule has 0 radical (unpaired) electrons. The Bertz CT molecular complexity index is 993. The third-order valence-corrected chi connectivity index (χ3v) is 5.08. The number of nitrogens with zero attached hydrogens (tertiary/aromatic N) is 2. The average Bonchev–Trinajstić information content (AvgIpc) is 3.03. The third kappa shape index (κ3) is 5.18. The number of thioether (sulfide) groups is 1. The van der Waals surface area contributed by atoms with Crippen LogP contribution in [0, 0.1) is 0 Å². The summed E-state index contributed by atoms with van der Waals surface area (Å²) in [7, 11) is 0. The van der Waals surface area contributed by atoms with E-state index in [1.165, 1.54) is 18.0 Å². The molecule has 1 saturated heterocycles. The second kappa shape index (κ2) is 9.30. The van der Waals surface area contributed by atoms with E-state index < -0.39 is 18.5 Å². The Balaban J connectivity index is 1.81. The number of thiocarbonyl (C=S) groups is 1. The van der Waals surface area contributed by atoms with Crippen LogP contribution < -0.4 is 10.2 Å². The maximum Gasteiger partial charge on any atom is 0.341 e. The molecule has 148 valence electrons. The van der Waals surface area contributed by atoms with Gasteiger partial charge in [-0.1, -0.05) is 48.2 Å². The maximum absolute atomic E-state index is 12.6. The number of ether oxygens (including phenoxy) is 1. The molecule has 8 nitrogen and oxygen atoms in total. The van der Waals surface area contributed by atoms with E-state index in [-0.39, 0.29) is 21.5 Å². The Morgan fingerprint density at radius 1 is 1.24 bits per heavy atom. The van der Waals surface area contributed by atoms with Crippen LogP contribution in [0.4, 0.5) is 5.69 Å². The monoisotopic (exact) mass is 429 g/mol. The van der Waals surface area contributed by atoms with Crippen LogP contribution in [-0.4, -0.2) is 50.8 Å². The summed E-state index contributed by atoms with van der Waals surface area (Å²) >= 11 is 6.24. The molecule has 0 spiro atoms. The Morgan fingerprint density at radius 2 is 1.97 bits per heavy atom. The molecule has 3 rings (SSSR count). The van der Waals surface area contributed by atoms with Crippen molar-refractivity contribution in [2.75, 3.05) is 12.4 Å². The maximum atomic E-state index is 12.6. The van der Waals surface area contributed by atoms with E-state index in [1.807, 2.05) is 0 Å². The van der Waals surface area contributed by atoms with E-state index in [2.05, 4.69) is 10.4 Å². The van der Waals surface area contributed by atoms with E-state index in [4.69, 9.17) is 22.1 Å². The molecule has 2 N–H and O–H groups in total. The van der Waals surface area contributed by atoms with Gasteiger partial charge in [-0.3, -0.25) is 20.0 Å². The highest BCUT2D eigenvalue weighted by Gasteiger charge is 2.29. The smallest absolute Gasteiger partial charge is 0.341 e. The highest BCUT2D eigenvalue weighted by atomic mass is 32.2. The molecule has 2 aromatic carbocycles. The number of rotatable bonds is 7. The zero-order chi connectivity index (χ0) is 20.8. The molecule has 0 atom stereocenters. The molecule has 0 aliphatic carbocycles. The molecule has 0 bridgehead atoms. The van der Waals surface area contributed by atoms with Crippen LogP contribution in [0.2, 0.25) is 0 Å². The van der Waals surface area contributed by atoms with Crippen molar-refractivity contribution in [3.05, 3.63) is 59.7 Å². The van der Waals surface area contributed by atoms with Gasteiger partial charge >= 0.3 is 5.97 Å². The van der Waals surface area contributed by atoms with E-state index in [9.17, 15) is 14.4 Å². The van der Waals surface area contributed by atoms with Gasteiger partial charge in [-0.25, -0.2) is 9.80 Å². The summed E-state index contributed by atoms with van der Waals surface area (Å²) in [5.41, 5.74) is 3.66. The Labute approximate surface area is 175 Å². The molecule has 2 amide bonds. The van der Waals surface area contributed by atoms with Gasteiger partial charge in [0.05, 0.1) is 17.0 Å². The van der Waals surface area contributed by atoms with Gasteiger partial charge in [0.25, 0.3) is 11.8 Å². The second-order valence-electron chi connectivity index (χ2n) is 5.72. The number of aliphatic carboxylic acids is 1. The molecule has 29 heavy (non-hydrogen) atoms. The molecule has 10 heteroatoms. The van der Waals surface area contributed by atoms with Gasteiger partial charge in [0.1, 0.15) is 5.75 Å². The van der Waals surface area contributed by atoms with Gasteiger partial charge in [0.15, 0.2) is 10.9 Å². The highest BCUT2D eigenvalue weighted by Crippen LogP contribution is 2.22. The SMILES string of the molecule is O=C(O)COc1ccccc1C=Nc1ccccc1C(=O)NN1C(=O)CSC1=S. The van der Waals surface area contributed by atoms with Crippen molar-refractivity contribution in [2.45, 2.75) is 0 Å². The third-order valence-electron chi connectivity index (χ3n) is 3.73. The topological polar surface area (TPSA) is 108 Å². The minimum absolute atomic E-state index is 0.187. The van der Waals surface area contributed by atoms with Crippen molar-refractivity contribution >= 4 is 58.0 Å². The first-order valence-corrected chi connectivity index (χ1v) is 9.72. The van der Waals surface area contributed by atoms with Gasteiger partial charge in [0.2, 0.25) is 0 Å². The lowest BCUT2D eigenvalue weighted by atomic mass is 10.1. The summed E-state index contributed by atoms with van der Waals surface area (Å²) in [6.07, 6.45) is 1.48. The van der Waals surface area contributed by atoms with Crippen LogP contribution >= 0.6 is 24.0 Å². The zero-order valence-corrected chi connectivity index (χ0v) is 16.5. The Morgan fingerprint density at radius 3 is 2.69 bits per heavy atom. The van der Waals surface area contributed by atoms with Crippen LogP contribution in [-0.2, 0) is 9.59 Å². The summed E-state index contributed by atoms with van der Waals surface area (Å²) < 4.78 is 5.53. The molecule has 0 unspecified atom stereocenters. The number of hydrogen-bond acceptors (Lipinski definition) is 7. The molecule has 0 saturated carbocycles. The summed E-state index contributed by atoms with van der Waals surface area (Å²) in [6, 6.07) is 13.4. The van der Waals surface area contributed by atoms with Crippen LogP contribution in [0.25, 0.3) is 0 Å². The first kappa shape index (κ1) is 20.5. The lowest BCUT2D eigenvalue weighted by molar-refractivity contribution is -0.139. The number of carboxylic acid groups (broad SMARTS) is 1. The first-order chi connectivity index (χ1) is 14.0. The fourth-order valence-electron chi connectivity index (χ4n) is 2.40. The van der Waals surface area contributed by atoms with Gasteiger partial charge < -0.3 is 9.84 Å². The average molecular weight is 429 g/mol. The van der Waals surface area contributed by atoms with Crippen molar-refractivity contribution in [2.24, 2.45) is 4.99 Å². The number of hydrazine groups is 1. The zero-order valence-electron chi connectivity index (χ0n) is 14.9. The van der Waals surface area contributed by atoms with Crippen molar-refractivity contribution in [3.8, 4) is 5.75 Å². The largest absolute Gasteiger partial charge is 0.481 e. The number of amides is 2. The fourth-order valence-corrected chi connectivity index (χ4v) is 3.38. The van der Waals surface area contributed by atoms with Gasteiger partial charge in [-0.15, -0.1) is 0 Å². The number of nitrogens with one attached hydrogen (secondary N) is 1. The number of carbonyl (C=O) groups is 3. The fraction of sp³-hybridized carbons (Fsp3) is 0.105. The number of para-hydroxylation sites is 2. The highest BCUT2D eigenvalue weighted by molar-refractivity contribution is 8.23. The number of carboxylic acids is 1. The minimum Gasteiger partial charge on any atom is -0.481 e. The van der Waals surface area contributed by atoms with Gasteiger partial charge in [-0.05, 0) is 24.3 Å². The Hall–Kier alpha value is -3.24. The molecule has 1 aliphatic heterocycles. The number of carbonyl (C=O) groups excluding carboxylic acids is 2. The standard InChI is InChI=1S/C19H15N3O5S2/c23-16-11-29-19(28)22(16)21-18(26)13-6-2-3-7-14(13)20-9-12-5-1-4-8-15(12)27-10-17(24)25/h1-9H,10-11H2,(H,21,26)(H,24,25). The molecular weight excluding hydrogens is 414 g/mol.